The SMILES string of the molecule is CC1c2ccsc2CCN1C(CN)c1cccc(F)c1F. The summed E-state index contributed by atoms with van der Waals surface area (Å²) in [5.41, 5.74) is 7.51. The molecule has 0 saturated heterocycles. The molecule has 2 nitrogen and oxygen atoms in total. The largest absolute Gasteiger partial charge is 0.329 e. The van der Waals surface area contributed by atoms with Gasteiger partial charge in [0, 0.05) is 29.6 Å². The summed E-state index contributed by atoms with van der Waals surface area (Å²) in [5, 5.41) is 2.09. The number of halogens is 2. The Bertz CT molecular complexity index is 641. The number of benzene rings is 1. The van der Waals surface area contributed by atoms with E-state index in [1.807, 2.05) is 0 Å². The number of hydrogen-bond acceptors (Lipinski definition) is 3. The third-order valence-corrected chi connectivity index (χ3v) is 5.29. The standard InChI is InChI=1S/C16H18F2N2S/c1-10-11-6-8-21-15(11)5-7-20(10)14(9-19)12-3-2-4-13(17)16(12)18/h2-4,6,8,10,14H,5,7,9,19H2,1H3. The Morgan fingerprint density at radius 3 is 2.95 bits per heavy atom. The van der Waals surface area contributed by atoms with Crippen molar-refractivity contribution in [2.45, 2.75) is 25.4 Å². The number of nitrogens with two attached hydrogens (primary N) is 1. The Balaban J connectivity index is 1.96. The minimum atomic E-state index is -0.813. The lowest BCUT2D eigenvalue weighted by atomic mass is 9.95. The molecule has 1 aromatic heterocycles. The number of rotatable bonds is 3. The van der Waals surface area contributed by atoms with Gasteiger partial charge in [0.15, 0.2) is 11.6 Å². The van der Waals surface area contributed by atoms with Crippen LogP contribution in [0.2, 0.25) is 0 Å². The average Bonchev–Trinajstić information content (AvgIpc) is 2.95. The molecule has 0 amide bonds. The molecule has 1 aliphatic rings. The average molecular weight is 308 g/mol. The summed E-state index contributed by atoms with van der Waals surface area (Å²) in [4.78, 5) is 3.56. The zero-order chi connectivity index (χ0) is 15.0. The van der Waals surface area contributed by atoms with E-state index in [-0.39, 0.29) is 18.6 Å². The van der Waals surface area contributed by atoms with Crippen molar-refractivity contribution >= 4 is 11.3 Å². The first-order chi connectivity index (χ1) is 10.1. The first-order valence-electron chi connectivity index (χ1n) is 7.09. The highest BCUT2D eigenvalue weighted by Crippen LogP contribution is 2.38. The maximum atomic E-state index is 14.1. The normalized spacial score (nSPS) is 20.3. The quantitative estimate of drug-likeness (QED) is 0.938. The van der Waals surface area contributed by atoms with Crippen molar-refractivity contribution in [2.75, 3.05) is 13.1 Å². The molecular formula is C16H18F2N2S. The summed E-state index contributed by atoms with van der Waals surface area (Å²) in [6, 6.07) is 6.29. The van der Waals surface area contributed by atoms with Crippen LogP contribution in [0.3, 0.4) is 0 Å². The molecule has 0 bridgehead atoms. The second-order valence-corrected chi connectivity index (χ2v) is 6.36. The predicted molar refractivity (Wildman–Crippen MR) is 81.3 cm³/mol. The van der Waals surface area contributed by atoms with E-state index < -0.39 is 11.6 Å². The molecule has 1 aromatic carbocycles. The number of thiophene rings is 1. The van der Waals surface area contributed by atoms with Crippen LogP contribution in [-0.4, -0.2) is 18.0 Å². The van der Waals surface area contributed by atoms with Gasteiger partial charge in [-0.15, -0.1) is 11.3 Å². The lowest BCUT2D eigenvalue weighted by Crippen LogP contribution is -2.40. The second-order valence-electron chi connectivity index (χ2n) is 5.36. The van der Waals surface area contributed by atoms with Crippen LogP contribution < -0.4 is 5.73 Å². The van der Waals surface area contributed by atoms with Gasteiger partial charge in [-0.05, 0) is 36.4 Å². The summed E-state index contributed by atoms with van der Waals surface area (Å²) in [7, 11) is 0. The number of fused-ring (bicyclic) bond motifs is 1. The third-order valence-electron chi connectivity index (χ3n) is 4.29. The van der Waals surface area contributed by atoms with Gasteiger partial charge in [-0.3, -0.25) is 4.90 Å². The molecule has 0 spiro atoms. The lowest BCUT2D eigenvalue weighted by molar-refractivity contribution is 0.135. The van der Waals surface area contributed by atoms with E-state index in [1.54, 1.807) is 23.5 Å². The van der Waals surface area contributed by atoms with Gasteiger partial charge in [-0.25, -0.2) is 8.78 Å². The van der Waals surface area contributed by atoms with Gasteiger partial charge in [-0.2, -0.15) is 0 Å². The van der Waals surface area contributed by atoms with Crippen LogP contribution in [0.1, 0.15) is 35.0 Å². The molecule has 1 aliphatic heterocycles. The van der Waals surface area contributed by atoms with Gasteiger partial charge in [0.1, 0.15) is 0 Å². The van der Waals surface area contributed by atoms with Crippen LogP contribution in [0, 0.1) is 11.6 Å². The van der Waals surface area contributed by atoms with Crippen LogP contribution in [0.15, 0.2) is 29.6 Å². The van der Waals surface area contributed by atoms with Gasteiger partial charge < -0.3 is 5.73 Å². The van der Waals surface area contributed by atoms with Crippen molar-refractivity contribution in [3.05, 3.63) is 57.3 Å². The fourth-order valence-corrected chi connectivity index (χ4v) is 4.14. The highest BCUT2D eigenvalue weighted by atomic mass is 32.1. The summed E-state index contributed by atoms with van der Waals surface area (Å²) in [6.45, 7) is 3.18. The summed E-state index contributed by atoms with van der Waals surface area (Å²) in [5.74, 6) is -1.59. The predicted octanol–water partition coefficient (Wildman–Crippen LogP) is 3.65. The monoisotopic (exact) mass is 308 g/mol. The fourth-order valence-electron chi connectivity index (χ4n) is 3.17. The molecule has 2 N–H and O–H groups in total. The Kier molecular flexibility index (Phi) is 4.06. The summed E-state index contributed by atoms with van der Waals surface area (Å²) < 4.78 is 27.6. The Hall–Kier alpha value is -1.30. The lowest BCUT2D eigenvalue weighted by Gasteiger charge is -2.39. The Morgan fingerprint density at radius 2 is 2.19 bits per heavy atom. The van der Waals surface area contributed by atoms with E-state index in [0.29, 0.717) is 5.56 Å². The fraction of sp³-hybridized carbons (Fsp3) is 0.375. The van der Waals surface area contributed by atoms with Crippen molar-refractivity contribution < 1.29 is 8.78 Å². The molecule has 5 heteroatoms. The minimum absolute atomic E-state index is 0.163. The molecule has 0 radical (unpaired) electrons. The van der Waals surface area contributed by atoms with Crippen molar-refractivity contribution in [3.63, 3.8) is 0 Å². The van der Waals surface area contributed by atoms with Gasteiger partial charge in [-0.1, -0.05) is 12.1 Å². The van der Waals surface area contributed by atoms with Crippen molar-refractivity contribution in [3.8, 4) is 0 Å². The maximum Gasteiger partial charge on any atom is 0.163 e. The number of hydrogen-bond donors (Lipinski definition) is 1. The maximum absolute atomic E-state index is 14.1. The highest BCUT2D eigenvalue weighted by Gasteiger charge is 2.32. The molecule has 0 saturated carbocycles. The van der Waals surface area contributed by atoms with Crippen molar-refractivity contribution in [1.82, 2.24) is 4.90 Å². The highest BCUT2D eigenvalue weighted by molar-refractivity contribution is 7.10. The molecule has 2 unspecified atom stereocenters. The van der Waals surface area contributed by atoms with E-state index in [0.717, 1.165) is 19.0 Å². The van der Waals surface area contributed by atoms with Gasteiger partial charge in [0.25, 0.3) is 0 Å². The first-order valence-corrected chi connectivity index (χ1v) is 7.97. The molecule has 21 heavy (non-hydrogen) atoms. The van der Waals surface area contributed by atoms with Gasteiger partial charge in [0.2, 0.25) is 0 Å². The van der Waals surface area contributed by atoms with E-state index in [4.69, 9.17) is 5.73 Å². The van der Waals surface area contributed by atoms with Gasteiger partial charge >= 0.3 is 0 Å². The summed E-state index contributed by atoms with van der Waals surface area (Å²) in [6.07, 6.45) is 0.935. The van der Waals surface area contributed by atoms with Crippen molar-refractivity contribution in [1.29, 1.82) is 0 Å². The third kappa shape index (κ3) is 2.50. The molecular weight excluding hydrogens is 290 g/mol. The minimum Gasteiger partial charge on any atom is -0.329 e. The van der Waals surface area contributed by atoms with Crippen LogP contribution >= 0.6 is 11.3 Å². The molecule has 3 rings (SSSR count). The molecule has 112 valence electrons. The molecule has 0 aliphatic carbocycles. The smallest absolute Gasteiger partial charge is 0.163 e. The van der Waals surface area contributed by atoms with E-state index in [9.17, 15) is 8.78 Å². The van der Waals surface area contributed by atoms with Crippen LogP contribution in [0.4, 0.5) is 8.78 Å². The second kappa shape index (κ2) is 5.83. The zero-order valence-corrected chi connectivity index (χ0v) is 12.7. The molecule has 2 heterocycles. The van der Waals surface area contributed by atoms with Gasteiger partial charge in [0.05, 0.1) is 6.04 Å². The topological polar surface area (TPSA) is 29.3 Å². The van der Waals surface area contributed by atoms with Crippen molar-refractivity contribution in [2.24, 2.45) is 5.73 Å². The zero-order valence-electron chi connectivity index (χ0n) is 11.9. The van der Waals surface area contributed by atoms with Crippen LogP contribution in [-0.2, 0) is 6.42 Å². The molecule has 0 fully saturated rings. The van der Waals surface area contributed by atoms with Crippen LogP contribution in [0.25, 0.3) is 0 Å². The Morgan fingerprint density at radius 1 is 1.38 bits per heavy atom. The number of nitrogens with zero attached hydrogens (tertiary/aromatic N) is 1. The summed E-state index contributed by atoms with van der Waals surface area (Å²) >= 11 is 1.76. The van der Waals surface area contributed by atoms with E-state index in [2.05, 4.69) is 23.3 Å². The first kappa shape index (κ1) is 14.6. The molecule has 2 aromatic rings. The Labute approximate surface area is 127 Å². The van der Waals surface area contributed by atoms with E-state index >= 15 is 0 Å². The van der Waals surface area contributed by atoms with Crippen LogP contribution in [0.5, 0.6) is 0 Å². The van der Waals surface area contributed by atoms with E-state index in [1.165, 1.54) is 10.4 Å². The molecule has 2 atom stereocenters.